The molecular weight excluding hydrogens is 238 g/mol. The average molecular weight is 253 g/mol. The lowest BCUT2D eigenvalue weighted by atomic mass is 10.1. The molecule has 92 valence electrons. The van der Waals surface area contributed by atoms with E-state index in [1.54, 1.807) is 19.1 Å². The summed E-state index contributed by atoms with van der Waals surface area (Å²) in [5, 5.41) is 11.3. The minimum Gasteiger partial charge on any atom is -0.481 e. The van der Waals surface area contributed by atoms with Crippen LogP contribution in [0.15, 0.2) is 29.2 Å². The van der Waals surface area contributed by atoms with E-state index in [1.807, 2.05) is 18.4 Å². The number of nitrogens with one attached hydrogen (secondary N) is 1. The van der Waals surface area contributed by atoms with Crippen molar-refractivity contribution in [1.82, 2.24) is 5.32 Å². The summed E-state index contributed by atoms with van der Waals surface area (Å²) in [6.45, 7) is 1.69. The Morgan fingerprint density at radius 1 is 1.41 bits per heavy atom. The van der Waals surface area contributed by atoms with Crippen molar-refractivity contribution in [3.05, 3.63) is 29.8 Å². The molecule has 0 aliphatic heterocycles. The van der Waals surface area contributed by atoms with Crippen molar-refractivity contribution in [1.29, 1.82) is 0 Å². The van der Waals surface area contributed by atoms with Crippen LogP contribution in [0.4, 0.5) is 0 Å². The summed E-state index contributed by atoms with van der Waals surface area (Å²) < 4.78 is 0. The van der Waals surface area contributed by atoms with Gasteiger partial charge in [0.05, 0.1) is 11.5 Å². The Morgan fingerprint density at radius 3 is 2.65 bits per heavy atom. The second-order valence-electron chi connectivity index (χ2n) is 3.65. The molecule has 0 fully saturated rings. The zero-order valence-electron chi connectivity index (χ0n) is 9.77. The van der Waals surface area contributed by atoms with Crippen molar-refractivity contribution in [3.63, 3.8) is 0 Å². The fourth-order valence-electron chi connectivity index (χ4n) is 1.26. The SMILES string of the molecule is CSc1ccccc1C(=O)NCC(C)C(=O)O. The molecule has 2 N–H and O–H groups in total. The van der Waals surface area contributed by atoms with Gasteiger partial charge in [-0.25, -0.2) is 0 Å². The molecule has 1 aromatic rings. The van der Waals surface area contributed by atoms with Gasteiger partial charge in [-0.3, -0.25) is 9.59 Å². The Kier molecular flexibility index (Phi) is 5.03. The van der Waals surface area contributed by atoms with Gasteiger partial charge in [-0.1, -0.05) is 19.1 Å². The van der Waals surface area contributed by atoms with Crippen molar-refractivity contribution >= 4 is 23.6 Å². The monoisotopic (exact) mass is 253 g/mol. The third-order valence-corrected chi connectivity index (χ3v) is 3.14. The van der Waals surface area contributed by atoms with E-state index in [2.05, 4.69) is 5.32 Å². The molecule has 0 aromatic heterocycles. The summed E-state index contributed by atoms with van der Waals surface area (Å²) in [5.41, 5.74) is 0.581. The number of carbonyl (C=O) groups is 2. The molecule has 0 saturated heterocycles. The van der Waals surface area contributed by atoms with Crippen molar-refractivity contribution < 1.29 is 14.7 Å². The van der Waals surface area contributed by atoms with Crippen LogP contribution in [-0.2, 0) is 4.79 Å². The van der Waals surface area contributed by atoms with E-state index >= 15 is 0 Å². The molecule has 5 heteroatoms. The predicted octanol–water partition coefficient (Wildman–Crippen LogP) is 1.86. The quantitative estimate of drug-likeness (QED) is 0.786. The van der Waals surface area contributed by atoms with Gasteiger partial charge in [-0.05, 0) is 18.4 Å². The Hall–Kier alpha value is -1.49. The maximum Gasteiger partial charge on any atom is 0.308 e. The van der Waals surface area contributed by atoms with Crippen LogP contribution >= 0.6 is 11.8 Å². The van der Waals surface area contributed by atoms with E-state index in [-0.39, 0.29) is 12.5 Å². The smallest absolute Gasteiger partial charge is 0.308 e. The van der Waals surface area contributed by atoms with E-state index in [4.69, 9.17) is 5.11 Å². The molecule has 0 aliphatic carbocycles. The van der Waals surface area contributed by atoms with Crippen LogP contribution in [0.2, 0.25) is 0 Å². The van der Waals surface area contributed by atoms with Gasteiger partial charge in [-0.15, -0.1) is 11.8 Å². The van der Waals surface area contributed by atoms with E-state index in [0.29, 0.717) is 5.56 Å². The minimum atomic E-state index is -0.913. The van der Waals surface area contributed by atoms with Gasteiger partial charge in [0.15, 0.2) is 0 Å². The number of amides is 1. The van der Waals surface area contributed by atoms with Crippen molar-refractivity contribution in [3.8, 4) is 0 Å². The summed E-state index contributed by atoms with van der Waals surface area (Å²) in [4.78, 5) is 23.3. The lowest BCUT2D eigenvalue weighted by Crippen LogP contribution is -2.31. The first-order valence-corrected chi connectivity index (χ1v) is 6.42. The third kappa shape index (κ3) is 3.78. The predicted molar refractivity (Wildman–Crippen MR) is 67.4 cm³/mol. The molecule has 0 aliphatic rings. The van der Waals surface area contributed by atoms with E-state index < -0.39 is 11.9 Å². The molecule has 0 saturated carbocycles. The maximum absolute atomic E-state index is 11.8. The molecule has 0 bridgehead atoms. The zero-order chi connectivity index (χ0) is 12.8. The molecule has 0 spiro atoms. The molecule has 17 heavy (non-hydrogen) atoms. The van der Waals surface area contributed by atoms with Gasteiger partial charge in [0.2, 0.25) is 0 Å². The van der Waals surface area contributed by atoms with Crippen LogP contribution < -0.4 is 5.32 Å². The van der Waals surface area contributed by atoms with Crippen molar-refractivity contribution in [2.45, 2.75) is 11.8 Å². The van der Waals surface area contributed by atoms with Gasteiger partial charge in [0.25, 0.3) is 5.91 Å². The van der Waals surface area contributed by atoms with Crippen LogP contribution in [-0.4, -0.2) is 29.8 Å². The van der Waals surface area contributed by atoms with Crippen LogP contribution in [0.3, 0.4) is 0 Å². The van der Waals surface area contributed by atoms with Crippen LogP contribution in [0.25, 0.3) is 0 Å². The number of carboxylic acids is 1. The molecule has 0 radical (unpaired) electrons. The normalized spacial score (nSPS) is 11.9. The number of thioether (sulfide) groups is 1. The largest absolute Gasteiger partial charge is 0.481 e. The molecule has 1 aromatic carbocycles. The van der Waals surface area contributed by atoms with Crippen molar-refractivity contribution in [2.24, 2.45) is 5.92 Å². The molecule has 1 rings (SSSR count). The van der Waals surface area contributed by atoms with Gasteiger partial charge >= 0.3 is 5.97 Å². The Morgan fingerprint density at radius 2 is 2.06 bits per heavy atom. The number of benzene rings is 1. The Labute approximate surface area is 104 Å². The van der Waals surface area contributed by atoms with E-state index in [9.17, 15) is 9.59 Å². The molecule has 4 nitrogen and oxygen atoms in total. The van der Waals surface area contributed by atoms with Gasteiger partial charge in [-0.2, -0.15) is 0 Å². The lowest BCUT2D eigenvalue weighted by molar-refractivity contribution is -0.140. The zero-order valence-corrected chi connectivity index (χ0v) is 10.6. The van der Waals surface area contributed by atoms with Crippen LogP contribution in [0.5, 0.6) is 0 Å². The van der Waals surface area contributed by atoms with E-state index in [1.165, 1.54) is 11.8 Å². The fourth-order valence-corrected chi connectivity index (χ4v) is 1.86. The minimum absolute atomic E-state index is 0.136. The highest BCUT2D eigenvalue weighted by atomic mass is 32.2. The summed E-state index contributed by atoms with van der Waals surface area (Å²) in [6, 6.07) is 7.24. The van der Waals surface area contributed by atoms with Gasteiger partial charge < -0.3 is 10.4 Å². The second kappa shape index (κ2) is 6.30. The summed E-state index contributed by atoms with van der Waals surface area (Å²) >= 11 is 1.49. The first-order chi connectivity index (χ1) is 8.06. The third-order valence-electron chi connectivity index (χ3n) is 2.34. The number of carboxylic acid groups (broad SMARTS) is 1. The molecule has 0 heterocycles. The van der Waals surface area contributed by atoms with E-state index in [0.717, 1.165) is 4.90 Å². The first kappa shape index (κ1) is 13.6. The van der Waals surface area contributed by atoms with Gasteiger partial charge in [0, 0.05) is 11.4 Å². The topological polar surface area (TPSA) is 66.4 Å². The highest BCUT2D eigenvalue weighted by Gasteiger charge is 2.14. The Balaban J connectivity index is 2.67. The fraction of sp³-hybridized carbons (Fsp3) is 0.333. The van der Waals surface area contributed by atoms with Crippen LogP contribution in [0, 0.1) is 5.92 Å². The molecule has 1 amide bonds. The number of hydrogen-bond acceptors (Lipinski definition) is 3. The maximum atomic E-state index is 11.8. The number of carbonyl (C=O) groups excluding carboxylic acids is 1. The van der Waals surface area contributed by atoms with Crippen molar-refractivity contribution in [2.75, 3.05) is 12.8 Å². The average Bonchev–Trinajstić information content (AvgIpc) is 2.35. The summed E-state index contributed by atoms with van der Waals surface area (Å²) in [6.07, 6.45) is 1.89. The molecule has 1 unspecified atom stereocenters. The standard InChI is InChI=1S/C12H15NO3S/c1-8(12(15)16)7-13-11(14)9-5-3-4-6-10(9)17-2/h3-6,8H,7H2,1-2H3,(H,13,14)(H,15,16). The first-order valence-electron chi connectivity index (χ1n) is 5.20. The molecule has 1 atom stereocenters. The second-order valence-corrected chi connectivity index (χ2v) is 4.50. The highest BCUT2D eigenvalue weighted by Crippen LogP contribution is 2.19. The summed E-state index contributed by atoms with van der Waals surface area (Å²) in [7, 11) is 0. The lowest BCUT2D eigenvalue weighted by Gasteiger charge is -2.10. The Bertz CT molecular complexity index is 420. The number of rotatable bonds is 5. The van der Waals surface area contributed by atoms with Gasteiger partial charge in [0.1, 0.15) is 0 Å². The molecular formula is C12H15NO3S. The number of aliphatic carboxylic acids is 1. The summed E-state index contributed by atoms with van der Waals surface area (Å²) in [5.74, 6) is -1.73. The number of hydrogen-bond donors (Lipinski definition) is 2. The highest BCUT2D eigenvalue weighted by molar-refractivity contribution is 7.98. The van der Waals surface area contributed by atoms with Crippen LogP contribution in [0.1, 0.15) is 17.3 Å².